The lowest BCUT2D eigenvalue weighted by molar-refractivity contribution is -0.658. The van der Waals surface area contributed by atoms with Gasteiger partial charge in [0.25, 0.3) is 0 Å². The van der Waals surface area contributed by atoms with E-state index in [1.807, 2.05) is 23.0 Å². The largest absolute Gasteiger partial charge is 0.350 e. The maximum atomic E-state index is 12.3. The first kappa shape index (κ1) is 14.4. The van der Waals surface area contributed by atoms with Crippen LogP contribution in [0.25, 0.3) is 22.6 Å². The molecule has 1 aromatic rings. The normalized spacial score (nSPS) is 11.5. The monoisotopic (exact) mass is 299 g/mol. The number of aryl methyl sites for hydroxylation is 4. The topological polar surface area (TPSA) is 71.6 Å². The molecule has 0 radical (unpaired) electrons. The molecule has 0 spiro atoms. The van der Waals surface area contributed by atoms with Crippen LogP contribution in [-0.2, 0) is 13.1 Å². The fraction of sp³-hybridized carbons (Fsp3) is 0.375. The molecule has 22 heavy (non-hydrogen) atoms. The van der Waals surface area contributed by atoms with E-state index in [1.54, 1.807) is 0 Å². The summed E-state index contributed by atoms with van der Waals surface area (Å²) in [5.74, 6) is 0.439. The maximum Gasteiger partial charge on any atom is 0.350 e. The van der Waals surface area contributed by atoms with Crippen molar-refractivity contribution in [1.29, 1.82) is 0 Å². The second-order valence-corrected chi connectivity index (χ2v) is 5.46. The van der Waals surface area contributed by atoms with Crippen LogP contribution in [0.3, 0.4) is 0 Å². The Balaban J connectivity index is 2.69. The maximum absolute atomic E-state index is 12.3. The van der Waals surface area contributed by atoms with Gasteiger partial charge in [-0.2, -0.15) is 9.55 Å². The molecule has 0 aromatic heterocycles. The standard InChI is InChI=1S/C16H18N4O2/c1-5-19-11-7-9(3)10(4)8-12(11)20(6-2)14-13(19)15(21)18-16(22)17-14/h7-8H,5-6H2,1-4H3/p+1. The molecule has 6 nitrogen and oxygen atoms in total. The predicted molar refractivity (Wildman–Crippen MR) is 84.3 cm³/mol. The van der Waals surface area contributed by atoms with Crippen molar-refractivity contribution in [2.45, 2.75) is 40.8 Å². The molecule has 2 heterocycles. The second kappa shape index (κ2) is 5.05. The molecule has 0 saturated heterocycles. The number of H-pyrrole nitrogens is 1. The Morgan fingerprint density at radius 2 is 1.86 bits per heavy atom. The number of aromatic nitrogens is 4. The minimum atomic E-state index is -0.606. The van der Waals surface area contributed by atoms with Crippen LogP contribution < -0.4 is 15.8 Å². The molecular formula is C16H19N4O2+. The van der Waals surface area contributed by atoms with Gasteiger partial charge in [-0.25, -0.2) is 4.79 Å². The van der Waals surface area contributed by atoms with Gasteiger partial charge in [-0.15, -0.1) is 0 Å². The Hall–Kier alpha value is -2.50. The van der Waals surface area contributed by atoms with Gasteiger partial charge in [-0.05, 0) is 44.9 Å². The minimum Gasteiger partial charge on any atom is -0.315 e. The number of nitrogens with zero attached hydrogens (tertiary/aromatic N) is 3. The van der Waals surface area contributed by atoms with E-state index in [0.717, 1.165) is 11.0 Å². The van der Waals surface area contributed by atoms with Gasteiger partial charge < -0.3 is 4.57 Å². The zero-order valence-electron chi connectivity index (χ0n) is 13.2. The average Bonchev–Trinajstić information content (AvgIpc) is 2.46. The number of hydrogen-bond acceptors (Lipinski definition) is 3. The fourth-order valence-electron chi connectivity index (χ4n) is 2.97. The van der Waals surface area contributed by atoms with Crippen molar-refractivity contribution in [3.05, 3.63) is 44.1 Å². The molecule has 0 amide bonds. The number of fused-ring (bicyclic) bond motifs is 2. The molecule has 0 bridgehead atoms. The van der Waals surface area contributed by atoms with Crippen LogP contribution in [0.4, 0.5) is 0 Å². The number of hydrogen-bond donors (Lipinski definition) is 1. The van der Waals surface area contributed by atoms with E-state index in [4.69, 9.17) is 0 Å². The van der Waals surface area contributed by atoms with Crippen molar-refractivity contribution in [3.8, 4) is 11.5 Å². The number of aromatic amines is 1. The molecule has 1 aromatic carbocycles. The van der Waals surface area contributed by atoms with Gasteiger partial charge in [0.1, 0.15) is 12.1 Å². The van der Waals surface area contributed by atoms with Crippen LogP contribution in [0.15, 0.2) is 21.7 Å². The quantitative estimate of drug-likeness (QED) is 0.569. The number of benzene rings is 1. The van der Waals surface area contributed by atoms with Crippen molar-refractivity contribution in [1.82, 2.24) is 14.5 Å². The van der Waals surface area contributed by atoms with Crippen LogP contribution in [0.5, 0.6) is 0 Å². The van der Waals surface area contributed by atoms with E-state index in [-0.39, 0.29) is 5.56 Å². The molecule has 1 N–H and O–H groups in total. The van der Waals surface area contributed by atoms with Crippen LogP contribution in [0.1, 0.15) is 25.0 Å². The summed E-state index contributed by atoms with van der Waals surface area (Å²) in [5, 5.41) is 0. The van der Waals surface area contributed by atoms with Crippen LogP contribution in [-0.4, -0.2) is 14.5 Å². The lowest BCUT2D eigenvalue weighted by Crippen LogP contribution is -2.45. The zero-order valence-corrected chi connectivity index (χ0v) is 13.2. The van der Waals surface area contributed by atoms with E-state index in [9.17, 15) is 9.59 Å². The van der Waals surface area contributed by atoms with Crippen molar-refractivity contribution in [2.75, 3.05) is 0 Å². The van der Waals surface area contributed by atoms with Gasteiger partial charge in [0, 0.05) is 12.6 Å². The molecule has 0 aliphatic carbocycles. The molecule has 114 valence electrons. The SMILES string of the molecule is CCn1c2nc(=O)[nH]c(=O)c-2[n+](CC)c2cc(C)c(C)cc21. The van der Waals surface area contributed by atoms with E-state index in [0.29, 0.717) is 24.6 Å². The number of rotatable bonds is 2. The molecular weight excluding hydrogens is 280 g/mol. The highest BCUT2D eigenvalue weighted by Gasteiger charge is 2.29. The first-order valence-corrected chi connectivity index (χ1v) is 7.45. The summed E-state index contributed by atoms with van der Waals surface area (Å²) in [6.45, 7) is 9.34. The molecule has 2 aliphatic rings. The fourth-order valence-corrected chi connectivity index (χ4v) is 2.97. The summed E-state index contributed by atoms with van der Waals surface area (Å²) < 4.78 is 3.86. The van der Waals surface area contributed by atoms with Crippen LogP contribution in [0.2, 0.25) is 0 Å². The summed E-state index contributed by atoms with van der Waals surface area (Å²) >= 11 is 0. The van der Waals surface area contributed by atoms with Gasteiger partial charge in [-0.1, -0.05) is 0 Å². The van der Waals surface area contributed by atoms with Crippen LogP contribution >= 0.6 is 0 Å². The van der Waals surface area contributed by atoms with Crippen molar-refractivity contribution in [2.24, 2.45) is 0 Å². The Kier molecular flexibility index (Phi) is 3.31. The smallest absolute Gasteiger partial charge is 0.315 e. The Morgan fingerprint density at radius 1 is 1.18 bits per heavy atom. The van der Waals surface area contributed by atoms with E-state index >= 15 is 0 Å². The third-order valence-corrected chi connectivity index (χ3v) is 4.19. The lowest BCUT2D eigenvalue weighted by atomic mass is 10.1. The first-order valence-electron chi connectivity index (χ1n) is 7.45. The van der Waals surface area contributed by atoms with Crippen molar-refractivity contribution in [3.63, 3.8) is 0 Å². The van der Waals surface area contributed by atoms with Crippen molar-refractivity contribution < 1.29 is 4.57 Å². The molecule has 0 atom stereocenters. The average molecular weight is 299 g/mol. The highest BCUT2D eigenvalue weighted by Crippen LogP contribution is 2.22. The highest BCUT2D eigenvalue weighted by atomic mass is 16.2. The zero-order chi connectivity index (χ0) is 16.0. The third-order valence-electron chi connectivity index (χ3n) is 4.19. The van der Waals surface area contributed by atoms with Gasteiger partial charge in [-0.3, -0.25) is 9.78 Å². The molecule has 3 rings (SSSR count). The Morgan fingerprint density at radius 3 is 2.50 bits per heavy atom. The summed E-state index contributed by atoms with van der Waals surface area (Å²) in [6, 6.07) is 4.18. The lowest BCUT2D eigenvalue weighted by Gasteiger charge is -2.16. The number of nitrogens with one attached hydrogen (secondary N) is 1. The predicted octanol–water partition coefficient (Wildman–Crippen LogP) is 1.13. The Bertz CT molecular complexity index is 969. The molecule has 6 heteroatoms. The van der Waals surface area contributed by atoms with Gasteiger partial charge >= 0.3 is 16.9 Å². The first-order chi connectivity index (χ1) is 10.5. The molecule has 2 aliphatic heterocycles. The molecule has 0 fully saturated rings. The third kappa shape index (κ3) is 1.94. The summed E-state index contributed by atoms with van der Waals surface area (Å²) in [5.41, 5.74) is 3.75. The summed E-state index contributed by atoms with van der Waals surface area (Å²) in [7, 11) is 0. The van der Waals surface area contributed by atoms with Gasteiger partial charge in [0.15, 0.2) is 0 Å². The van der Waals surface area contributed by atoms with Crippen molar-refractivity contribution >= 4 is 11.0 Å². The second-order valence-electron chi connectivity index (χ2n) is 5.46. The summed E-state index contributed by atoms with van der Waals surface area (Å²) in [4.78, 5) is 30.3. The van der Waals surface area contributed by atoms with Gasteiger partial charge in [0.05, 0.1) is 0 Å². The highest BCUT2D eigenvalue weighted by molar-refractivity contribution is 5.77. The van der Waals surface area contributed by atoms with E-state index in [1.165, 1.54) is 11.1 Å². The minimum absolute atomic E-state index is 0.390. The van der Waals surface area contributed by atoms with Gasteiger partial charge in [0.2, 0.25) is 11.3 Å². The molecule has 0 saturated carbocycles. The van der Waals surface area contributed by atoms with E-state index < -0.39 is 5.69 Å². The Labute approximate surface area is 127 Å². The van der Waals surface area contributed by atoms with Crippen LogP contribution in [0, 0.1) is 13.8 Å². The molecule has 0 unspecified atom stereocenters. The van der Waals surface area contributed by atoms with E-state index in [2.05, 4.69) is 35.9 Å². The summed E-state index contributed by atoms with van der Waals surface area (Å²) in [6.07, 6.45) is 0.